The molecular formula is C17H26N3O4S+. The highest BCUT2D eigenvalue weighted by Crippen LogP contribution is 2.27. The van der Waals surface area contributed by atoms with Gasteiger partial charge in [0.15, 0.2) is 0 Å². The van der Waals surface area contributed by atoms with Gasteiger partial charge >= 0.3 is 0 Å². The SMILES string of the molecule is COc1ccc(S(=O)(=O)N2CC[NH+](C)CC2)cc1C(=O)N1CCCC1. The molecule has 0 unspecified atom stereocenters. The van der Waals surface area contributed by atoms with E-state index in [2.05, 4.69) is 7.05 Å². The Hall–Kier alpha value is -1.64. The number of methoxy groups -OCH3 is 1. The molecule has 0 aliphatic carbocycles. The Balaban J connectivity index is 1.91. The number of likely N-dealkylation sites (N-methyl/N-ethyl adjacent to an activating group) is 1. The van der Waals surface area contributed by atoms with E-state index in [0.717, 1.165) is 25.9 Å². The fraction of sp³-hybridized carbons (Fsp3) is 0.588. The first-order valence-corrected chi connectivity index (χ1v) is 10.2. The van der Waals surface area contributed by atoms with Crippen LogP contribution in [-0.4, -0.2) is 77.0 Å². The van der Waals surface area contributed by atoms with Gasteiger partial charge in [-0.1, -0.05) is 0 Å². The Morgan fingerprint density at radius 1 is 1.12 bits per heavy atom. The molecular weight excluding hydrogens is 342 g/mol. The summed E-state index contributed by atoms with van der Waals surface area (Å²) in [6.45, 7) is 3.98. The first kappa shape index (κ1) is 18.2. The van der Waals surface area contributed by atoms with Crippen LogP contribution in [0.1, 0.15) is 23.2 Å². The number of benzene rings is 1. The van der Waals surface area contributed by atoms with Crippen LogP contribution in [-0.2, 0) is 10.0 Å². The van der Waals surface area contributed by atoms with Gasteiger partial charge in [-0.25, -0.2) is 8.42 Å². The van der Waals surface area contributed by atoms with Crippen molar-refractivity contribution in [3.63, 3.8) is 0 Å². The summed E-state index contributed by atoms with van der Waals surface area (Å²) in [5, 5.41) is 0. The predicted molar refractivity (Wildman–Crippen MR) is 93.5 cm³/mol. The third-order valence-electron chi connectivity index (χ3n) is 5.01. The van der Waals surface area contributed by atoms with E-state index >= 15 is 0 Å². The predicted octanol–water partition coefficient (Wildman–Crippen LogP) is -0.550. The molecule has 2 aliphatic rings. The molecule has 2 saturated heterocycles. The third-order valence-corrected chi connectivity index (χ3v) is 6.90. The minimum atomic E-state index is -3.60. The van der Waals surface area contributed by atoms with Crippen molar-refractivity contribution in [2.24, 2.45) is 0 Å². The number of rotatable bonds is 4. The minimum absolute atomic E-state index is 0.158. The zero-order valence-electron chi connectivity index (χ0n) is 14.8. The second kappa shape index (κ2) is 7.31. The number of piperazine rings is 1. The number of likely N-dealkylation sites (tertiary alicyclic amines) is 1. The molecule has 2 aliphatic heterocycles. The lowest BCUT2D eigenvalue weighted by molar-refractivity contribution is -0.883. The highest BCUT2D eigenvalue weighted by molar-refractivity contribution is 7.89. The number of quaternary nitrogens is 1. The van der Waals surface area contributed by atoms with Gasteiger partial charge in [0.2, 0.25) is 10.0 Å². The van der Waals surface area contributed by atoms with E-state index in [1.54, 1.807) is 11.0 Å². The minimum Gasteiger partial charge on any atom is -0.496 e. The maximum absolute atomic E-state index is 12.9. The van der Waals surface area contributed by atoms with E-state index in [1.807, 2.05) is 0 Å². The second-order valence-corrected chi connectivity index (χ2v) is 8.66. The van der Waals surface area contributed by atoms with E-state index < -0.39 is 10.0 Å². The van der Waals surface area contributed by atoms with Crippen LogP contribution in [0.25, 0.3) is 0 Å². The van der Waals surface area contributed by atoms with Crippen LogP contribution < -0.4 is 9.64 Å². The number of sulfonamides is 1. The van der Waals surface area contributed by atoms with E-state index in [4.69, 9.17) is 4.74 Å². The van der Waals surface area contributed by atoms with Crippen LogP contribution in [0, 0.1) is 0 Å². The molecule has 3 rings (SSSR count). The Morgan fingerprint density at radius 2 is 1.76 bits per heavy atom. The monoisotopic (exact) mass is 368 g/mol. The highest BCUT2D eigenvalue weighted by atomic mass is 32.2. The van der Waals surface area contributed by atoms with Gasteiger partial charge in [-0.2, -0.15) is 4.31 Å². The van der Waals surface area contributed by atoms with Crippen LogP contribution in [0.4, 0.5) is 0 Å². The number of amides is 1. The van der Waals surface area contributed by atoms with Crippen molar-refractivity contribution in [1.29, 1.82) is 0 Å². The van der Waals surface area contributed by atoms with Crippen molar-refractivity contribution in [2.75, 3.05) is 53.4 Å². The molecule has 1 amide bonds. The van der Waals surface area contributed by atoms with Gasteiger partial charge in [0.05, 0.1) is 50.8 Å². The van der Waals surface area contributed by atoms with Crippen molar-refractivity contribution in [2.45, 2.75) is 17.7 Å². The van der Waals surface area contributed by atoms with Crippen molar-refractivity contribution in [1.82, 2.24) is 9.21 Å². The van der Waals surface area contributed by atoms with Crippen LogP contribution in [0.2, 0.25) is 0 Å². The average molecular weight is 368 g/mol. The zero-order valence-corrected chi connectivity index (χ0v) is 15.6. The molecule has 1 N–H and O–H groups in total. The summed E-state index contributed by atoms with van der Waals surface area (Å²) in [6, 6.07) is 4.58. The molecule has 8 heteroatoms. The van der Waals surface area contributed by atoms with Gasteiger partial charge in [0, 0.05) is 13.1 Å². The molecule has 0 aromatic heterocycles. The molecule has 2 fully saturated rings. The summed E-state index contributed by atoms with van der Waals surface area (Å²) < 4.78 is 32.7. The molecule has 0 spiro atoms. The van der Waals surface area contributed by atoms with Gasteiger partial charge in [0.1, 0.15) is 5.75 Å². The first-order valence-electron chi connectivity index (χ1n) is 8.72. The molecule has 138 valence electrons. The van der Waals surface area contributed by atoms with E-state index in [9.17, 15) is 13.2 Å². The molecule has 0 bridgehead atoms. The van der Waals surface area contributed by atoms with Gasteiger partial charge in [-0.15, -0.1) is 0 Å². The van der Waals surface area contributed by atoms with E-state index in [-0.39, 0.29) is 10.8 Å². The lowest BCUT2D eigenvalue weighted by Crippen LogP contribution is -3.12. The normalized spacial score (nSPS) is 20.0. The van der Waals surface area contributed by atoms with Crippen LogP contribution in [0.5, 0.6) is 5.75 Å². The highest BCUT2D eigenvalue weighted by Gasteiger charge is 2.31. The summed E-state index contributed by atoms with van der Waals surface area (Å²) in [5.41, 5.74) is 0.324. The molecule has 0 saturated carbocycles. The second-order valence-electron chi connectivity index (χ2n) is 6.72. The summed E-state index contributed by atoms with van der Waals surface area (Å²) in [5.74, 6) is 0.257. The van der Waals surface area contributed by atoms with E-state index in [1.165, 1.54) is 28.4 Å². The van der Waals surface area contributed by atoms with Gasteiger partial charge in [0.25, 0.3) is 5.91 Å². The fourth-order valence-corrected chi connectivity index (χ4v) is 4.83. The van der Waals surface area contributed by atoms with Crippen LogP contribution >= 0.6 is 0 Å². The number of hydrogen-bond acceptors (Lipinski definition) is 4. The molecule has 7 nitrogen and oxygen atoms in total. The summed E-state index contributed by atoms with van der Waals surface area (Å²) in [7, 11) is -0.0430. The van der Waals surface area contributed by atoms with Gasteiger partial charge in [-0.05, 0) is 31.0 Å². The molecule has 25 heavy (non-hydrogen) atoms. The molecule has 2 heterocycles. The lowest BCUT2D eigenvalue weighted by Gasteiger charge is -2.29. The van der Waals surface area contributed by atoms with Gasteiger partial charge < -0.3 is 14.5 Å². The summed E-state index contributed by atoms with van der Waals surface area (Å²) >= 11 is 0. The first-order chi connectivity index (χ1) is 11.9. The summed E-state index contributed by atoms with van der Waals surface area (Å²) in [4.78, 5) is 16.0. The Morgan fingerprint density at radius 3 is 2.36 bits per heavy atom. The number of hydrogen-bond donors (Lipinski definition) is 1. The van der Waals surface area contributed by atoms with Crippen molar-refractivity contribution < 1.29 is 22.8 Å². The van der Waals surface area contributed by atoms with Crippen molar-refractivity contribution >= 4 is 15.9 Å². The number of carbonyl (C=O) groups excluding carboxylic acids is 1. The Bertz CT molecular complexity index is 736. The summed E-state index contributed by atoms with van der Waals surface area (Å²) in [6.07, 6.45) is 1.96. The number of carbonyl (C=O) groups is 1. The molecule has 0 atom stereocenters. The van der Waals surface area contributed by atoms with Gasteiger partial charge in [-0.3, -0.25) is 4.79 Å². The fourth-order valence-electron chi connectivity index (χ4n) is 3.36. The third kappa shape index (κ3) is 3.65. The maximum Gasteiger partial charge on any atom is 0.257 e. The Kier molecular flexibility index (Phi) is 5.31. The number of nitrogens with zero attached hydrogens (tertiary/aromatic N) is 2. The molecule has 1 aromatic rings. The maximum atomic E-state index is 12.9. The van der Waals surface area contributed by atoms with E-state index in [0.29, 0.717) is 37.5 Å². The standard InChI is InChI=1S/C17H25N3O4S/c1-18-9-11-20(12-10-18)25(22,23)14-5-6-16(24-2)15(13-14)17(21)19-7-3-4-8-19/h5-6,13H,3-4,7-12H2,1-2H3/p+1. The smallest absolute Gasteiger partial charge is 0.257 e. The lowest BCUT2D eigenvalue weighted by atomic mass is 10.1. The average Bonchev–Trinajstić information content (AvgIpc) is 3.15. The van der Waals surface area contributed by atoms with Crippen molar-refractivity contribution in [3.8, 4) is 5.75 Å². The number of nitrogens with one attached hydrogen (secondary N) is 1. The quantitative estimate of drug-likeness (QED) is 0.774. The Labute approximate surface area is 149 Å². The van der Waals surface area contributed by atoms with Crippen LogP contribution in [0.3, 0.4) is 0 Å². The topological polar surface area (TPSA) is 71.4 Å². The number of ether oxygens (including phenoxy) is 1. The molecule has 1 aromatic carbocycles. The molecule has 0 radical (unpaired) electrons. The van der Waals surface area contributed by atoms with Crippen molar-refractivity contribution in [3.05, 3.63) is 23.8 Å². The van der Waals surface area contributed by atoms with Crippen LogP contribution in [0.15, 0.2) is 23.1 Å². The largest absolute Gasteiger partial charge is 0.496 e. The zero-order chi connectivity index (χ0) is 18.0.